The Morgan fingerprint density at radius 3 is 2.76 bits per heavy atom. The summed E-state index contributed by atoms with van der Waals surface area (Å²) in [6, 6.07) is 0. The number of ether oxygens (including phenoxy) is 1. The molecule has 1 aliphatic heterocycles. The van der Waals surface area contributed by atoms with Gasteiger partial charge < -0.3 is 9.15 Å². The van der Waals surface area contributed by atoms with Crippen LogP contribution in [0, 0.1) is 0 Å². The molecule has 0 radical (unpaired) electrons. The topological polar surface area (TPSA) is 39.4 Å². The summed E-state index contributed by atoms with van der Waals surface area (Å²) in [6.45, 7) is 7.33. The highest BCUT2D eigenvalue weighted by Gasteiger charge is 2.43. The quantitative estimate of drug-likeness (QED) is 0.566. The van der Waals surface area contributed by atoms with Crippen molar-refractivity contribution in [2.24, 2.45) is 0 Å². The first-order valence-corrected chi connectivity index (χ1v) is 9.52. The van der Waals surface area contributed by atoms with Gasteiger partial charge >= 0.3 is 5.97 Å². The smallest absolute Gasteiger partial charge is 0.334 e. The number of hydrogen-bond donors (Lipinski definition) is 0. The van der Waals surface area contributed by atoms with Crippen LogP contribution in [-0.4, -0.2) is 20.7 Å². The predicted octanol–water partition coefficient (Wildman–Crippen LogP) is 2.85. The Kier molecular flexibility index (Phi) is 2.14. The minimum absolute atomic E-state index is 0.112. The van der Waals surface area contributed by atoms with Gasteiger partial charge in [0.2, 0.25) is 0 Å². The lowest BCUT2D eigenvalue weighted by Crippen LogP contribution is -2.34. The van der Waals surface area contributed by atoms with Crippen molar-refractivity contribution in [2.45, 2.75) is 31.6 Å². The van der Waals surface area contributed by atoms with Crippen LogP contribution >= 0.6 is 0 Å². The van der Waals surface area contributed by atoms with E-state index in [0.717, 1.165) is 23.1 Å². The van der Waals surface area contributed by atoms with E-state index < -0.39 is 8.07 Å². The predicted molar refractivity (Wildman–Crippen MR) is 67.4 cm³/mol. The van der Waals surface area contributed by atoms with Crippen molar-refractivity contribution < 1.29 is 13.9 Å². The standard InChI is InChI=1S/C13H16O3Si/c1-17(2,3)11-4-8-5-15-6-9(8)10-7-16-13(14)12(10)11/h5-6,11H,4,7H2,1-3H3. The fourth-order valence-corrected chi connectivity index (χ4v) is 4.79. The fraction of sp³-hybridized carbons (Fsp3) is 0.462. The summed E-state index contributed by atoms with van der Waals surface area (Å²) < 4.78 is 10.5. The van der Waals surface area contributed by atoms with Gasteiger partial charge in [0.25, 0.3) is 0 Å². The van der Waals surface area contributed by atoms with Gasteiger partial charge in [0.1, 0.15) is 6.61 Å². The van der Waals surface area contributed by atoms with Gasteiger partial charge in [-0.1, -0.05) is 19.6 Å². The van der Waals surface area contributed by atoms with Crippen molar-refractivity contribution in [1.82, 2.24) is 0 Å². The van der Waals surface area contributed by atoms with Crippen molar-refractivity contribution in [3.05, 3.63) is 29.2 Å². The Labute approximate surface area is 101 Å². The largest absolute Gasteiger partial charge is 0.472 e. The average Bonchev–Trinajstić information content (AvgIpc) is 2.81. The molecule has 0 N–H and O–H groups in total. The molecule has 1 aliphatic carbocycles. The SMILES string of the molecule is C[Si](C)(C)C1Cc2cocc2C2=C1C(=O)OC2. The Morgan fingerprint density at radius 1 is 1.29 bits per heavy atom. The molecule has 1 aromatic heterocycles. The van der Waals surface area contributed by atoms with E-state index in [1.807, 2.05) is 6.26 Å². The zero-order valence-corrected chi connectivity index (χ0v) is 11.4. The Balaban J connectivity index is 2.18. The van der Waals surface area contributed by atoms with Crippen LogP contribution in [0.25, 0.3) is 5.57 Å². The van der Waals surface area contributed by atoms with Gasteiger partial charge in [-0.25, -0.2) is 4.79 Å². The molecule has 2 aliphatic rings. The molecule has 1 aromatic rings. The van der Waals surface area contributed by atoms with Gasteiger partial charge in [-0.2, -0.15) is 0 Å². The summed E-state index contributed by atoms with van der Waals surface area (Å²) in [6.07, 6.45) is 4.48. The number of carbonyl (C=O) groups is 1. The van der Waals surface area contributed by atoms with E-state index in [0.29, 0.717) is 12.1 Å². The number of furan rings is 1. The zero-order chi connectivity index (χ0) is 12.2. The van der Waals surface area contributed by atoms with Crippen molar-refractivity contribution in [3.63, 3.8) is 0 Å². The maximum absolute atomic E-state index is 11.9. The van der Waals surface area contributed by atoms with E-state index in [1.54, 1.807) is 6.26 Å². The van der Waals surface area contributed by atoms with Gasteiger partial charge in [0.05, 0.1) is 20.6 Å². The number of fused-ring (bicyclic) bond motifs is 2. The van der Waals surface area contributed by atoms with E-state index >= 15 is 0 Å². The molecule has 1 unspecified atom stereocenters. The van der Waals surface area contributed by atoms with Crippen LogP contribution in [0.15, 0.2) is 22.5 Å². The summed E-state index contributed by atoms with van der Waals surface area (Å²) >= 11 is 0. The highest BCUT2D eigenvalue weighted by atomic mass is 28.3. The normalized spacial score (nSPS) is 23.5. The van der Waals surface area contributed by atoms with Crippen LogP contribution in [0.4, 0.5) is 0 Å². The van der Waals surface area contributed by atoms with E-state index in [4.69, 9.17) is 9.15 Å². The minimum Gasteiger partial charge on any atom is -0.472 e. The lowest BCUT2D eigenvalue weighted by atomic mass is 9.89. The Morgan fingerprint density at radius 2 is 2.06 bits per heavy atom. The van der Waals surface area contributed by atoms with Crippen LogP contribution in [0.3, 0.4) is 0 Å². The molecule has 1 atom stereocenters. The van der Waals surface area contributed by atoms with Crippen LogP contribution in [0.1, 0.15) is 11.1 Å². The molecule has 0 spiro atoms. The van der Waals surface area contributed by atoms with Gasteiger partial charge in [-0.05, 0) is 17.5 Å². The van der Waals surface area contributed by atoms with E-state index in [2.05, 4.69) is 19.6 Å². The summed E-state index contributed by atoms with van der Waals surface area (Å²) in [5, 5.41) is 0. The van der Waals surface area contributed by atoms with Crippen LogP contribution in [0.2, 0.25) is 25.2 Å². The minimum atomic E-state index is -1.43. The molecule has 0 saturated carbocycles. The molecule has 0 aromatic carbocycles. The van der Waals surface area contributed by atoms with E-state index in [1.165, 1.54) is 5.56 Å². The van der Waals surface area contributed by atoms with Crippen molar-refractivity contribution >= 4 is 19.6 Å². The Hall–Kier alpha value is -1.29. The van der Waals surface area contributed by atoms with Crippen LogP contribution in [-0.2, 0) is 16.0 Å². The van der Waals surface area contributed by atoms with Crippen LogP contribution in [0.5, 0.6) is 0 Å². The molecule has 0 fully saturated rings. The molecule has 4 heteroatoms. The lowest BCUT2D eigenvalue weighted by molar-refractivity contribution is -0.136. The highest BCUT2D eigenvalue weighted by Crippen LogP contribution is 2.46. The molecular weight excluding hydrogens is 232 g/mol. The number of cyclic esters (lactones) is 1. The Bertz CT molecular complexity index is 519. The van der Waals surface area contributed by atoms with Gasteiger partial charge in [0, 0.05) is 16.7 Å². The number of esters is 1. The first-order valence-electron chi connectivity index (χ1n) is 5.94. The van der Waals surface area contributed by atoms with Gasteiger partial charge in [-0.15, -0.1) is 0 Å². The number of hydrogen-bond acceptors (Lipinski definition) is 3. The summed E-state index contributed by atoms with van der Waals surface area (Å²) in [5.74, 6) is -0.112. The second-order valence-corrected chi connectivity index (χ2v) is 11.3. The first-order chi connectivity index (χ1) is 7.98. The molecule has 17 heavy (non-hydrogen) atoms. The zero-order valence-electron chi connectivity index (χ0n) is 10.4. The van der Waals surface area contributed by atoms with Gasteiger partial charge in [-0.3, -0.25) is 0 Å². The molecule has 3 nitrogen and oxygen atoms in total. The maximum atomic E-state index is 11.9. The lowest BCUT2D eigenvalue weighted by Gasteiger charge is -2.32. The summed E-state index contributed by atoms with van der Waals surface area (Å²) in [5.41, 5.74) is 4.67. The molecule has 90 valence electrons. The van der Waals surface area contributed by atoms with Gasteiger partial charge in [0.15, 0.2) is 0 Å². The second kappa shape index (κ2) is 3.35. The third-order valence-electron chi connectivity index (χ3n) is 3.78. The highest BCUT2D eigenvalue weighted by molar-refractivity contribution is 6.78. The third-order valence-corrected chi connectivity index (χ3v) is 6.36. The van der Waals surface area contributed by atoms with Crippen molar-refractivity contribution in [3.8, 4) is 0 Å². The number of carbonyl (C=O) groups excluding carboxylic acids is 1. The molecule has 0 bridgehead atoms. The maximum Gasteiger partial charge on any atom is 0.334 e. The van der Waals surface area contributed by atoms with Crippen molar-refractivity contribution in [2.75, 3.05) is 6.61 Å². The summed E-state index contributed by atoms with van der Waals surface area (Å²) in [4.78, 5) is 11.9. The second-order valence-electron chi connectivity index (χ2n) is 5.90. The molecule has 2 heterocycles. The summed E-state index contributed by atoms with van der Waals surface area (Å²) in [7, 11) is -1.43. The third kappa shape index (κ3) is 1.51. The molecule has 0 saturated heterocycles. The average molecular weight is 248 g/mol. The number of rotatable bonds is 1. The monoisotopic (exact) mass is 248 g/mol. The molecule has 3 rings (SSSR count). The van der Waals surface area contributed by atoms with E-state index in [9.17, 15) is 4.79 Å². The molecule has 0 amide bonds. The molecular formula is C13H16O3Si. The van der Waals surface area contributed by atoms with Crippen molar-refractivity contribution in [1.29, 1.82) is 0 Å². The first kappa shape index (κ1) is 10.8. The van der Waals surface area contributed by atoms with E-state index in [-0.39, 0.29) is 5.97 Å². The van der Waals surface area contributed by atoms with Crippen LogP contribution < -0.4 is 0 Å². The fourth-order valence-electron chi connectivity index (χ4n) is 2.80.